The van der Waals surface area contributed by atoms with Crippen molar-refractivity contribution in [1.82, 2.24) is 0 Å². The van der Waals surface area contributed by atoms with Crippen LogP contribution in [0.15, 0.2) is 18.2 Å². The van der Waals surface area contributed by atoms with Gasteiger partial charge in [0.2, 0.25) is 0 Å². The minimum atomic E-state index is -1.10. The number of halogens is 1. The summed E-state index contributed by atoms with van der Waals surface area (Å²) in [6, 6.07) is 4.32. The molecule has 3 nitrogen and oxygen atoms in total. The van der Waals surface area contributed by atoms with Crippen molar-refractivity contribution in [3.05, 3.63) is 29.6 Å². The van der Waals surface area contributed by atoms with Crippen molar-refractivity contribution < 1.29 is 14.3 Å². The van der Waals surface area contributed by atoms with E-state index in [1.165, 1.54) is 18.2 Å². The van der Waals surface area contributed by atoms with E-state index < -0.39 is 11.8 Å². The van der Waals surface area contributed by atoms with E-state index in [9.17, 15) is 9.18 Å². The lowest BCUT2D eigenvalue weighted by atomic mass is 10.1. The van der Waals surface area contributed by atoms with Crippen molar-refractivity contribution in [3.63, 3.8) is 0 Å². The number of rotatable bonds is 4. The van der Waals surface area contributed by atoms with Crippen LogP contribution in [0, 0.1) is 11.7 Å². The summed E-state index contributed by atoms with van der Waals surface area (Å²) >= 11 is 0. The van der Waals surface area contributed by atoms with Crippen LogP contribution in [0.1, 0.15) is 30.1 Å². The van der Waals surface area contributed by atoms with E-state index in [0.717, 1.165) is 12.8 Å². The highest BCUT2D eigenvalue weighted by Gasteiger charge is 2.36. The number of anilines is 1. The van der Waals surface area contributed by atoms with Gasteiger partial charge in [-0.3, -0.25) is 0 Å². The molecule has 0 spiro atoms. The van der Waals surface area contributed by atoms with Crippen molar-refractivity contribution in [3.8, 4) is 0 Å². The summed E-state index contributed by atoms with van der Waals surface area (Å²) in [6.07, 6.45) is 2.03. The summed E-state index contributed by atoms with van der Waals surface area (Å²) in [5.74, 6) is -1.06. The minimum Gasteiger partial charge on any atom is -0.478 e. The highest BCUT2D eigenvalue weighted by molar-refractivity contribution is 5.94. The Kier molecular flexibility index (Phi) is 2.81. The summed E-state index contributed by atoms with van der Waals surface area (Å²) in [5.41, 5.74) is 0.123. The Morgan fingerprint density at radius 1 is 1.62 bits per heavy atom. The number of carboxylic acid groups (broad SMARTS) is 1. The van der Waals surface area contributed by atoms with Crippen molar-refractivity contribution >= 4 is 11.7 Å². The third-order valence-electron chi connectivity index (χ3n) is 3.02. The van der Waals surface area contributed by atoms with Gasteiger partial charge in [0.1, 0.15) is 5.82 Å². The summed E-state index contributed by atoms with van der Waals surface area (Å²) in [6.45, 7) is 2.08. The van der Waals surface area contributed by atoms with Crippen molar-refractivity contribution in [2.24, 2.45) is 5.92 Å². The van der Waals surface area contributed by atoms with Crippen LogP contribution in [-0.4, -0.2) is 17.1 Å². The summed E-state index contributed by atoms with van der Waals surface area (Å²) < 4.78 is 13.5. The van der Waals surface area contributed by atoms with Crippen LogP contribution in [0.25, 0.3) is 0 Å². The zero-order valence-electron chi connectivity index (χ0n) is 9.03. The summed E-state index contributed by atoms with van der Waals surface area (Å²) in [5, 5.41) is 11.9. The highest BCUT2D eigenvalue weighted by atomic mass is 19.1. The third kappa shape index (κ3) is 2.01. The molecule has 1 fully saturated rings. The van der Waals surface area contributed by atoms with Crippen molar-refractivity contribution in [2.75, 3.05) is 5.32 Å². The van der Waals surface area contributed by atoms with Crippen LogP contribution < -0.4 is 5.32 Å². The van der Waals surface area contributed by atoms with Gasteiger partial charge < -0.3 is 10.4 Å². The van der Waals surface area contributed by atoms with Crippen molar-refractivity contribution in [1.29, 1.82) is 0 Å². The molecule has 1 aromatic carbocycles. The number of hydrogen-bond donors (Lipinski definition) is 2. The summed E-state index contributed by atoms with van der Waals surface area (Å²) in [4.78, 5) is 10.9. The molecule has 2 N–H and O–H groups in total. The molecule has 0 heterocycles. The number of carboxylic acids is 1. The van der Waals surface area contributed by atoms with Gasteiger partial charge in [-0.1, -0.05) is 19.4 Å². The first-order chi connectivity index (χ1) is 7.63. The number of para-hydroxylation sites is 1. The van der Waals surface area contributed by atoms with Crippen LogP contribution in [0.4, 0.5) is 10.1 Å². The quantitative estimate of drug-likeness (QED) is 0.825. The Morgan fingerprint density at radius 3 is 2.94 bits per heavy atom. The average Bonchev–Trinajstić information content (AvgIpc) is 2.99. The van der Waals surface area contributed by atoms with Gasteiger partial charge in [-0.2, -0.15) is 0 Å². The van der Waals surface area contributed by atoms with Gasteiger partial charge in [-0.15, -0.1) is 0 Å². The Labute approximate surface area is 93.3 Å². The smallest absolute Gasteiger partial charge is 0.337 e. The van der Waals surface area contributed by atoms with E-state index in [1.54, 1.807) is 0 Å². The number of benzene rings is 1. The average molecular weight is 223 g/mol. The Balaban J connectivity index is 2.22. The van der Waals surface area contributed by atoms with E-state index in [2.05, 4.69) is 12.2 Å². The number of hydrogen-bond acceptors (Lipinski definition) is 2. The number of nitrogens with one attached hydrogen (secondary N) is 1. The normalized spacial score (nSPS) is 22.9. The molecule has 1 saturated carbocycles. The number of aromatic carboxylic acids is 1. The lowest BCUT2D eigenvalue weighted by Crippen LogP contribution is -2.11. The van der Waals surface area contributed by atoms with E-state index >= 15 is 0 Å². The van der Waals surface area contributed by atoms with Gasteiger partial charge in [0.15, 0.2) is 0 Å². The van der Waals surface area contributed by atoms with Crippen LogP contribution in [0.3, 0.4) is 0 Å². The maximum absolute atomic E-state index is 13.5. The zero-order valence-corrected chi connectivity index (χ0v) is 9.03. The molecule has 0 aliphatic heterocycles. The van der Waals surface area contributed by atoms with Crippen LogP contribution in [-0.2, 0) is 0 Å². The monoisotopic (exact) mass is 223 g/mol. The van der Waals surface area contributed by atoms with Crippen LogP contribution in [0.2, 0.25) is 0 Å². The fourth-order valence-corrected chi connectivity index (χ4v) is 1.91. The molecule has 0 aromatic heterocycles. The van der Waals surface area contributed by atoms with Gasteiger partial charge >= 0.3 is 5.97 Å². The van der Waals surface area contributed by atoms with E-state index in [-0.39, 0.29) is 17.3 Å². The third-order valence-corrected chi connectivity index (χ3v) is 3.02. The predicted octanol–water partition coefficient (Wildman–Crippen LogP) is 2.73. The molecule has 2 unspecified atom stereocenters. The molecule has 4 heteroatoms. The topological polar surface area (TPSA) is 49.3 Å². The molecule has 2 atom stereocenters. The van der Waals surface area contributed by atoms with Gasteiger partial charge in [0.25, 0.3) is 0 Å². The SMILES string of the molecule is CCC1CC1Nc1c(F)cccc1C(=O)O. The molecule has 0 saturated heterocycles. The Hall–Kier alpha value is -1.58. The molecular weight excluding hydrogens is 209 g/mol. The molecule has 0 radical (unpaired) electrons. The second kappa shape index (κ2) is 4.12. The molecular formula is C12H14FNO2. The molecule has 0 bridgehead atoms. The molecule has 1 aliphatic carbocycles. The standard InChI is InChI=1S/C12H14FNO2/c1-2-7-6-10(7)14-11-8(12(15)16)4-3-5-9(11)13/h3-5,7,10,14H,2,6H2,1H3,(H,15,16). The molecule has 0 amide bonds. The second-order valence-electron chi connectivity index (χ2n) is 4.12. The predicted molar refractivity (Wildman–Crippen MR) is 59.2 cm³/mol. The Bertz CT molecular complexity index is 419. The first-order valence-corrected chi connectivity index (χ1v) is 5.41. The Morgan fingerprint density at radius 2 is 2.38 bits per heavy atom. The van der Waals surface area contributed by atoms with E-state index in [0.29, 0.717) is 5.92 Å². The van der Waals surface area contributed by atoms with Gasteiger partial charge in [0, 0.05) is 6.04 Å². The lowest BCUT2D eigenvalue weighted by molar-refractivity contribution is 0.0697. The molecule has 2 rings (SSSR count). The molecule has 1 aromatic rings. The maximum atomic E-state index is 13.5. The first-order valence-electron chi connectivity index (χ1n) is 5.41. The highest BCUT2D eigenvalue weighted by Crippen LogP contribution is 2.37. The van der Waals surface area contributed by atoms with Gasteiger partial charge in [-0.25, -0.2) is 9.18 Å². The van der Waals surface area contributed by atoms with E-state index in [1.807, 2.05) is 0 Å². The fourth-order valence-electron chi connectivity index (χ4n) is 1.91. The first kappa shape index (κ1) is 10.9. The second-order valence-corrected chi connectivity index (χ2v) is 4.12. The van der Waals surface area contributed by atoms with Gasteiger partial charge in [-0.05, 0) is 24.5 Å². The number of carbonyl (C=O) groups is 1. The van der Waals surface area contributed by atoms with E-state index in [4.69, 9.17) is 5.11 Å². The minimum absolute atomic E-state index is 0.00162. The van der Waals surface area contributed by atoms with Gasteiger partial charge in [0.05, 0.1) is 11.3 Å². The molecule has 86 valence electrons. The summed E-state index contributed by atoms with van der Waals surface area (Å²) in [7, 11) is 0. The van der Waals surface area contributed by atoms with Crippen molar-refractivity contribution in [2.45, 2.75) is 25.8 Å². The lowest BCUT2D eigenvalue weighted by Gasteiger charge is -2.10. The largest absolute Gasteiger partial charge is 0.478 e. The fraction of sp³-hybridized carbons (Fsp3) is 0.417. The molecule has 16 heavy (non-hydrogen) atoms. The maximum Gasteiger partial charge on any atom is 0.337 e. The molecule has 1 aliphatic rings. The van der Waals surface area contributed by atoms with Crippen LogP contribution >= 0.6 is 0 Å². The van der Waals surface area contributed by atoms with Crippen LogP contribution in [0.5, 0.6) is 0 Å². The zero-order chi connectivity index (χ0) is 11.7.